The van der Waals surface area contributed by atoms with E-state index in [1.807, 2.05) is 42.3 Å². The number of benzene rings is 2. The fourth-order valence-corrected chi connectivity index (χ4v) is 5.22. The van der Waals surface area contributed by atoms with Crippen LogP contribution >= 0.6 is 28.3 Å². The van der Waals surface area contributed by atoms with E-state index in [1.165, 1.54) is 24.0 Å². The van der Waals surface area contributed by atoms with Gasteiger partial charge in [0.2, 0.25) is 5.91 Å². The molecule has 0 N–H and O–H groups in total. The maximum absolute atomic E-state index is 13.3. The molecule has 1 aliphatic heterocycles. The second-order valence-corrected chi connectivity index (χ2v) is 9.05. The molecule has 162 valence electrons. The third kappa shape index (κ3) is 4.68. The van der Waals surface area contributed by atoms with Crippen molar-refractivity contribution in [1.82, 2.24) is 9.80 Å². The number of carbonyl (C=O) groups excluding carboxylic acids is 1. The average molecular weight is 494 g/mol. The van der Waals surface area contributed by atoms with E-state index in [1.54, 1.807) is 7.11 Å². The zero-order valence-electron chi connectivity index (χ0n) is 17.6. The van der Waals surface area contributed by atoms with E-state index < -0.39 is 0 Å². The van der Waals surface area contributed by atoms with Crippen LogP contribution in [0.25, 0.3) is 0 Å². The lowest BCUT2D eigenvalue weighted by Crippen LogP contribution is -2.48. The number of likely N-dealkylation sites (N-methyl/N-ethyl adjacent to an activating group) is 1. The minimum atomic E-state index is 0. The topological polar surface area (TPSA) is 32.8 Å². The Labute approximate surface area is 194 Å². The summed E-state index contributed by atoms with van der Waals surface area (Å²) < 4.78 is 6.68. The maximum atomic E-state index is 13.3. The molecule has 2 atom stereocenters. The first-order chi connectivity index (χ1) is 14.1. The first-order valence-corrected chi connectivity index (χ1v) is 11.3. The van der Waals surface area contributed by atoms with Gasteiger partial charge in [-0.3, -0.25) is 9.69 Å². The zero-order valence-corrected chi connectivity index (χ0v) is 20.0. The average Bonchev–Trinajstić information content (AvgIpc) is 3.28. The Morgan fingerprint density at radius 1 is 1.17 bits per heavy atom. The number of methoxy groups -OCH3 is 1. The van der Waals surface area contributed by atoms with Crippen molar-refractivity contribution in [2.75, 3.05) is 27.2 Å². The summed E-state index contributed by atoms with van der Waals surface area (Å²) in [6.45, 7) is 2.27. The Balaban J connectivity index is 0.00000256. The van der Waals surface area contributed by atoms with Crippen molar-refractivity contribution in [3.63, 3.8) is 0 Å². The highest BCUT2D eigenvalue weighted by Crippen LogP contribution is 2.41. The van der Waals surface area contributed by atoms with Crippen LogP contribution in [-0.2, 0) is 17.6 Å². The van der Waals surface area contributed by atoms with Gasteiger partial charge in [-0.25, -0.2) is 0 Å². The van der Waals surface area contributed by atoms with Crippen molar-refractivity contribution in [1.29, 1.82) is 0 Å². The Kier molecular flexibility index (Phi) is 7.83. The van der Waals surface area contributed by atoms with E-state index in [2.05, 4.69) is 33.0 Å². The number of amides is 1. The zero-order chi connectivity index (χ0) is 20.4. The first kappa shape index (κ1) is 23.1. The number of ether oxygens (including phenoxy) is 1. The third-order valence-electron chi connectivity index (χ3n) is 6.45. The molecule has 1 fully saturated rings. The van der Waals surface area contributed by atoms with Crippen molar-refractivity contribution in [2.45, 2.75) is 44.2 Å². The summed E-state index contributed by atoms with van der Waals surface area (Å²) in [4.78, 5) is 17.9. The quantitative estimate of drug-likeness (QED) is 0.585. The number of hydrogen-bond acceptors (Lipinski definition) is 3. The first-order valence-electron chi connectivity index (χ1n) is 10.5. The fourth-order valence-electron chi connectivity index (χ4n) is 4.95. The second kappa shape index (κ2) is 10.2. The summed E-state index contributed by atoms with van der Waals surface area (Å²) in [6, 6.07) is 14.8. The molecule has 2 aliphatic rings. The Bertz CT molecular complexity index is 868. The molecule has 0 unspecified atom stereocenters. The number of rotatable bonds is 5. The van der Waals surface area contributed by atoms with Gasteiger partial charge in [0.05, 0.1) is 19.6 Å². The summed E-state index contributed by atoms with van der Waals surface area (Å²) in [5, 5.41) is 0. The molecule has 2 aromatic carbocycles. The van der Waals surface area contributed by atoms with E-state index in [0.29, 0.717) is 12.5 Å². The summed E-state index contributed by atoms with van der Waals surface area (Å²) in [6.07, 6.45) is 5.00. The van der Waals surface area contributed by atoms with Gasteiger partial charge in [0.15, 0.2) is 0 Å². The number of nitrogens with zero attached hydrogens (tertiary/aromatic N) is 2. The highest BCUT2D eigenvalue weighted by Gasteiger charge is 2.39. The van der Waals surface area contributed by atoms with Crippen LogP contribution in [0.3, 0.4) is 0 Å². The number of hydrogen-bond donors (Lipinski definition) is 0. The molecule has 1 heterocycles. The molecule has 2 aromatic rings. The molecule has 1 aliphatic carbocycles. The van der Waals surface area contributed by atoms with Crippen LogP contribution in [0.15, 0.2) is 46.9 Å². The maximum Gasteiger partial charge on any atom is 0.227 e. The minimum absolute atomic E-state index is 0. The van der Waals surface area contributed by atoms with Crippen LogP contribution in [0.1, 0.15) is 42.0 Å². The van der Waals surface area contributed by atoms with Gasteiger partial charge in [0.1, 0.15) is 5.75 Å². The number of likely N-dealkylation sites (tertiary alicyclic amines) is 1. The predicted octanol–water partition coefficient (Wildman–Crippen LogP) is 5.03. The Hall–Kier alpha value is -1.56. The van der Waals surface area contributed by atoms with Crippen molar-refractivity contribution < 1.29 is 9.53 Å². The molecule has 0 aromatic heterocycles. The van der Waals surface area contributed by atoms with Gasteiger partial charge in [0.25, 0.3) is 0 Å². The van der Waals surface area contributed by atoms with Crippen LogP contribution in [0.4, 0.5) is 0 Å². The molecule has 4 nitrogen and oxygen atoms in total. The van der Waals surface area contributed by atoms with Crippen LogP contribution in [0, 0.1) is 0 Å². The van der Waals surface area contributed by atoms with Crippen LogP contribution in [0.5, 0.6) is 5.75 Å². The molecular formula is C24H30BrClN2O2. The summed E-state index contributed by atoms with van der Waals surface area (Å²) >= 11 is 3.47. The predicted molar refractivity (Wildman–Crippen MR) is 127 cm³/mol. The number of carbonyl (C=O) groups is 1. The summed E-state index contributed by atoms with van der Waals surface area (Å²) in [7, 11) is 3.71. The lowest BCUT2D eigenvalue weighted by Gasteiger charge is -2.44. The number of halogens is 2. The largest absolute Gasteiger partial charge is 0.496 e. The molecule has 1 amide bonds. The lowest BCUT2D eigenvalue weighted by atomic mass is 9.81. The van der Waals surface area contributed by atoms with Crippen molar-refractivity contribution in [3.05, 3.63) is 63.6 Å². The minimum Gasteiger partial charge on any atom is -0.496 e. The van der Waals surface area contributed by atoms with E-state index in [0.717, 1.165) is 41.7 Å². The monoisotopic (exact) mass is 492 g/mol. The molecule has 0 radical (unpaired) electrons. The number of fused-ring (bicyclic) bond motifs is 1. The van der Waals surface area contributed by atoms with Gasteiger partial charge >= 0.3 is 0 Å². The Morgan fingerprint density at radius 3 is 2.53 bits per heavy atom. The van der Waals surface area contributed by atoms with Crippen molar-refractivity contribution in [3.8, 4) is 5.75 Å². The van der Waals surface area contributed by atoms with Crippen molar-refractivity contribution >= 4 is 34.2 Å². The molecule has 0 spiro atoms. The summed E-state index contributed by atoms with van der Waals surface area (Å²) in [5.41, 5.74) is 3.56. The van der Waals surface area contributed by atoms with E-state index in [4.69, 9.17) is 4.74 Å². The lowest BCUT2D eigenvalue weighted by molar-refractivity contribution is -0.133. The molecule has 30 heavy (non-hydrogen) atoms. The van der Waals surface area contributed by atoms with E-state index in [9.17, 15) is 4.79 Å². The van der Waals surface area contributed by atoms with E-state index >= 15 is 0 Å². The highest BCUT2D eigenvalue weighted by atomic mass is 79.9. The summed E-state index contributed by atoms with van der Waals surface area (Å²) in [5.74, 6) is 1.11. The van der Waals surface area contributed by atoms with Gasteiger partial charge < -0.3 is 9.64 Å². The Morgan fingerprint density at radius 2 is 1.87 bits per heavy atom. The van der Waals surface area contributed by atoms with Crippen molar-refractivity contribution in [2.24, 2.45) is 0 Å². The van der Waals surface area contributed by atoms with Gasteiger partial charge in [-0.05, 0) is 73.7 Å². The molecule has 4 rings (SSSR count). The molecule has 0 saturated carbocycles. The van der Waals surface area contributed by atoms with Gasteiger partial charge in [-0.1, -0.05) is 40.2 Å². The van der Waals surface area contributed by atoms with Crippen LogP contribution in [0.2, 0.25) is 0 Å². The smallest absolute Gasteiger partial charge is 0.227 e. The third-order valence-corrected chi connectivity index (χ3v) is 6.98. The van der Waals surface area contributed by atoms with Crippen LogP contribution < -0.4 is 4.74 Å². The fraction of sp³-hybridized carbons (Fsp3) is 0.458. The van der Waals surface area contributed by atoms with E-state index in [-0.39, 0.29) is 24.4 Å². The van der Waals surface area contributed by atoms with Gasteiger partial charge in [-0.15, -0.1) is 12.4 Å². The van der Waals surface area contributed by atoms with Crippen LogP contribution in [-0.4, -0.2) is 49.0 Å². The molecule has 6 heteroatoms. The van der Waals surface area contributed by atoms with Gasteiger partial charge in [-0.2, -0.15) is 0 Å². The SMILES string of the molecule is COc1cccc2c1CC[C@H](N1CCCC1)[C@H]2N(C)C(=O)Cc1ccc(Br)cc1.Cl. The molecular weight excluding hydrogens is 464 g/mol. The molecule has 0 bridgehead atoms. The normalized spacial score (nSPS) is 20.9. The molecule has 1 saturated heterocycles. The second-order valence-electron chi connectivity index (χ2n) is 8.13. The standard InChI is InChI=1S/C24H29BrN2O2.ClH/c1-26(23(28)16-17-8-10-18(25)11-9-17)24-20-6-5-7-22(29-2)19(20)12-13-21(24)27-14-3-4-15-27;/h5-11,21,24H,3-4,12-16H2,1-2H3;1H/t21-,24-;/m0./s1. The van der Waals surface area contributed by atoms with Gasteiger partial charge in [0, 0.05) is 17.6 Å². The highest BCUT2D eigenvalue weighted by molar-refractivity contribution is 9.10.